The highest BCUT2D eigenvalue weighted by Crippen LogP contribution is 2.26. The van der Waals surface area contributed by atoms with Gasteiger partial charge in [-0.1, -0.05) is 25.8 Å². The Morgan fingerprint density at radius 3 is 2.45 bits per heavy atom. The summed E-state index contributed by atoms with van der Waals surface area (Å²) in [5.74, 6) is 0.432. The van der Waals surface area contributed by atoms with Gasteiger partial charge in [-0.3, -0.25) is 4.79 Å². The van der Waals surface area contributed by atoms with E-state index >= 15 is 0 Å². The molecular weight excluding hydrogens is 370 g/mol. The van der Waals surface area contributed by atoms with Crippen molar-refractivity contribution in [3.8, 4) is 11.5 Å². The Morgan fingerprint density at radius 1 is 1.07 bits per heavy atom. The molecular formula is C23H29NO5. The van der Waals surface area contributed by atoms with Crippen molar-refractivity contribution in [2.45, 2.75) is 46.1 Å². The Balaban J connectivity index is 1.93. The number of benzene rings is 2. The van der Waals surface area contributed by atoms with Crippen LogP contribution in [-0.4, -0.2) is 31.7 Å². The molecule has 156 valence electrons. The molecule has 1 atom stereocenters. The highest BCUT2D eigenvalue weighted by atomic mass is 16.6. The Hall–Kier alpha value is -3.02. The molecule has 2 rings (SSSR count). The minimum atomic E-state index is -0.715. The largest absolute Gasteiger partial charge is 0.495 e. The lowest BCUT2D eigenvalue weighted by molar-refractivity contribution is -0.151. The van der Waals surface area contributed by atoms with Crippen molar-refractivity contribution in [3.63, 3.8) is 0 Å². The van der Waals surface area contributed by atoms with Crippen LogP contribution >= 0.6 is 0 Å². The van der Waals surface area contributed by atoms with Crippen molar-refractivity contribution in [1.29, 1.82) is 0 Å². The van der Waals surface area contributed by atoms with Crippen LogP contribution in [0.1, 0.15) is 49.0 Å². The van der Waals surface area contributed by atoms with Gasteiger partial charge in [-0.15, -0.1) is 0 Å². The minimum Gasteiger partial charge on any atom is -0.495 e. The molecule has 0 unspecified atom stereocenters. The number of ether oxygens (including phenoxy) is 3. The molecule has 0 aliphatic rings. The molecule has 0 heterocycles. The van der Waals surface area contributed by atoms with Crippen molar-refractivity contribution in [1.82, 2.24) is 0 Å². The molecule has 1 amide bonds. The number of hydrogen-bond donors (Lipinski definition) is 1. The van der Waals surface area contributed by atoms with E-state index in [0.717, 1.165) is 24.8 Å². The average molecular weight is 399 g/mol. The zero-order chi connectivity index (χ0) is 21.2. The monoisotopic (exact) mass is 399 g/mol. The molecule has 1 N–H and O–H groups in total. The number of unbranched alkanes of at least 4 members (excludes halogenated alkanes) is 2. The summed E-state index contributed by atoms with van der Waals surface area (Å²) < 4.78 is 16.1. The molecule has 2 aromatic carbocycles. The van der Waals surface area contributed by atoms with E-state index in [-0.39, 0.29) is 5.91 Å². The Bertz CT molecular complexity index is 817. The third kappa shape index (κ3) is 6.82. The van der Waals surface area contributed by atoms with E-state index in [2.05, 4.69) is 12.2 Å². The number of rotatable bonds is 10. The van der Waals surface area contributed by atoms with E-state index in [1.54, 1.807) is 38.3 Å². The quantitative estimate of drug-likeness (QED) is 0.461. The predicted octanol–water partition coefficient (Wildman–Crippen LogP) is 4.76. The third-order valence-electron chi connectivity index (χ3n) is 4.36. The number of hydrogen-bond acceptors (Lipinski definition) is 5. The van der Waals surface area contributed by atoms with Gasteiger partial charge in [0.05, 0.1) is 19.4 Å². The lowest BCUT2D eigenvalue weighted by atomic mass is 10.1. The van der Waals surface area contributed by atoms with E-state index < -0.39 is 12.1 Å². The fraction of sp³-hybridized carbons (Fsp3) is 0.391. The first kappa shape index (κ1) is 22.3. The van der Waals surface area contributed by atoms with Crippen LogP contribution in [0.25, 0.3) is 0 Å². The first-order chi connectivity index (χ1) is 13.9. The van der Waals surface area contributed by atoms with Crippen molar-refractivity contribution < 1.29 is 23.8 Å². The van der Waals surface area contributed by atoms with Crippen molar-refractivity contribution in [3.05, 3.63) is 53.6 Å². The summed E-state index contributed by atoms with van der Waals surface area (Å²) in [6.07, 6.45) is 2.23. The normalized spacial score (nSPS) is 11.4. The summed E-state index contributed by atoms with van der Waals surface area (Å²) in [5.41, 5.74) is 2.09. The van der Waals surface area contributed by atoms with Crippen LogP contribution < -0.4 is 14.8 Å². The number of esters is 1. The second-order valence-electron chi connectivity index (χ2n) is 6.82. The first-order valence-electron chi connectivity index (χ1n) is 9.84. The predicted molar refractivity (Wildman–Crippen MR) is 113 cm³/mol. The number of carbonyl (C=O) groups is 2. The third-order valence-corrected chi connectivity index (χ3v) is 4.36. The average Bonchev–Trinajstić information content (AvgIpc) is 2.71. The van der Waals surface area contributed by atoms with Crippen molar-refractivity contribution in [2.75, 3.05) is 19.0 Å². The molecule has 0 aliphatic heterocycles. The van der Waals surface area contributed by atoms with E-state index in [9.17, 15) is 9.59 Å². The van der Waals surface area contributed by atoms with Gasteiger partial charge >= 0.3 is 5.97 Å². The number of aryl methyl sites for hydroxylation is 1. The maximum atomic E-state index is 12.5. The topological polar surface area (TPSA) is 73.9 Å². The van der Waals surface area contributed by atoms with Crippen LogP contribution in [-0.2, 0) is 9.53 Å². The van der Waals surface area contributed by atoms with Gasteiger partial charge in [-0.2, -0.15) is 0 Å². The molecule has 0 radical (unpaired) electrons. The molecule has 6 nitrogen and oxygen atoms in total. The van der Waals surface area contributed by atoms with Gasteiger partial charge in [0.15, 0.2) is 6.10 Å². The summed E-state index contributed by atoms with van der Waals surface area (Å²) in [7, 11) is 1.56. The molecule has 29 heavy (non-hydrogen) atoms. The highest BCUT2D eigenvalue weighted by Gasteiger charge is 2.17. The van der Waals surface area contributed by atoms with Gasteiger partial charge in [-0.25, -0.2) is 4.79 Å². The molecule has 6 heteroatoms. The number of nitrogens with one attached hydrogen (secondary N) is 1. The lowest BCUT2D eigenvalue weighted by Crippen LogP contribution is -2.26. The van der Waals surface area contributed by atoms with Gasteiger partial charge in [0.25, 0.3) is 5.91 Å². The highest BCUT2D eigenvalue weighted by molar-refractivity contribution is 6.05. The van der Waals surface area contributed by atoms with Crippen LogP contribution in [0.5, 0.6) is 11.5 Å². The van der Waals surface area contributed by atoms with Gasteiger partial charge in [0.1, 0.15) is 11.5 Å². The van der Waals surface area contributed by atoms with Crippen LogP contribution in [0.2, 0.25) is 0 Å². The molecule has 0 fully saturated rings. The maximum Gasteiger partial charge on any atom is 0.347 e. The van der Waals surface area contributed by atoms with Gasteiger partial charge in [0.2, 0.25) is 0 Å². The van der Waals surface area contributed by atoms with E-state index in [1.807, 2.05) is 25.1 Å². The first-order valence-corrected chi connectivity index (χ1v) is 9.84. The second-order valence-corrected chi connectivity index (χ2v) is 6.82. The minimum absolute atomic E-state index is 0.260. The fourth-order valence-corrected chi connectivity index (χ4v) is 2.69. The number of carbonyl (C=O) groups excluding carboxylic acids is 2. The number of anilines is 1. The molecule has 0 aliphatic carbocycles. The molecule has 0 saturated heterocycles. The smallest absolute Gasteiger partial charge is 0.347 e. The van der Waals surface area contributed by atoms with Crippen LogP contribution in [0.3, 0.4) is 0 Å². The summed E-state index contributed by atoms with van der Waals surface area (Å²) in [6.45, 7) is 6.08. The zero-order valence-corrected chi connectivity index (χ0v) is 17.5. The van der Waals surface area contributed by atoms with Crippen LogP contribution in [0.15, 0.2) is 42.5 Å². The van der Waals surface area contributed by atoms with Gasteiger partial charge in [-0.05, 0) is 62.2 Å². The molecule has 0 aromatic heterocycles. The maximum absolute atomic E-state index is 12.5. The summed E-state index contributed by atoms with van der Waals surface area (Å²) in [6, 6.07) is 12.2. The van der Waals surface area contributed by atoms with E-state index in [4.69, 9.17) is 14.2 Å². The lowest BCUT2D eigenvalue weighted by Gasteiger charge is -2.14. The molecule has 2 aromatic rings. The standard InChI is InChI=1S/C23H29NO5/c1-5-6-7-14-28-23(26)17(3)29-19-11-9-18(10-12-19)22(25)24-20-15-16(2)8-13-21(20)27-4/h8-13,15,17H,5-7,14H2,1-4H3,(H,24,25)/t17-/m1/s1. The number of amides is 1. The van der Waals surface area contributed by atoms with Crippen LogP contribution in [0.4, 0.5) is 5.69 Å². The molecule has 0 saturated carbocycles. The summed E-state index contributed by atoms with van der Waals surface area (Å²) >= 11 is 0. The summed E-state index contributed by atoms with van der Waals surface area (Å²) in [5, 5.41) is 2.85. The molecule has 0 spiro atoms. The molecule has 0 bridgehead atoms. The van der Waals surface area contributed by atoms with Crippen molar-refractivity contribution in [2.24, 2.45) is 0 Å². The number of methoxy groups -OCH3 is 1. The Labute approximate surface area is 172 Å². The fourth-order valence-electron chi connectivity index (χ4n) is 2.69. The SMILES string of the molecule is CCCCCOC(=O)[C@@H](C)Oc1ccc(C(=O)Nc2cc(C)ccc2OC)cc1. The van der Waals surface area contributed by atoms with Gasteiger partial charge < -0.3 is 19.5 Å². The van der Waals surface area contributed by atoms with Crippen molar-refractivity contribution >= 4 is 17.6 Å². The Morgan fingerprint density at radius 2 is 1.79 bits per heavy atom. The Kier molecular flexibility index (Phi) is 8.52. The zero-order valence-electron chi connectivity index (χ0n) is 17.5. The van der Waals surface area contributed by atoms with Gasteiger partial charge in [0, 0.05) is 5.56 Å². The van der Waals surface area contributed by atoms with E-state index in [0.29, 0.717) is 29.4 Å². The van der Waals surface area contributed by atoms with E-state index in [1.165, 1.54) is 0 Å². The second kappa shape index (κ2) is 11.1. The summed E-state index contributed by atoms with van der Waals surface area (Å²) in [4.78, 5) is 24.5. The van der Waals surface area contributed by atoms with Crippen LogP contribution in [0, 0.1) is 6.92 Å².